The zero-order valence-electron chi connectivity index (χ0n) is 10.6. The van der Waals surface area contributed by atoms with Gasteiger partial charge < -0.3 is 4.74 Å². The van der Waals surface area contributed by atoms with Crippen molar-refractivity contribution in [2.75, 3.05) is 6.61 Å². The lowest BCUT2D eigenvalue weighted by Crippen LogP contribution is -2.02. The van der Waals surface area contributed by atoms with Gasteiger partial charge in [0.2, 0.25) is 0 Å². The summed E-state index contributed by atoms with van der Waals surface area (Å²) in [6.07, 6.45) is 0. The Labute approximate surface area is 144 Å². The number of hydrogen-bond acceptors (Lipinski definition) is 2. The second kappa shape index (κ2) is 6.91. The first-order valence-electron chi connectivity index (χ1n) is 5.95. The van der Waals surface area contributed by atoms with Crippen LogP contribution in [0.5, 0.6) is 5.75 Å². The Balaban J connectivity index is 2.33. The van der Waals surface area contributed by atoms with E-state index in [0.29, 0.717) is 22.8 Å². The van der Waals surface area contributed by atoms with Crippen molar-refractivity contribution in [2.45, 2.75) is 6.92 Å². The van der Waals surface area contributed by atoms with Gasteiger partial charge in [-0.25, -0.2) is 0 Å². The lowest BCUT2D eigenvalue weighted by Gasteiger charge is -2.08. The fourth-order valence-electron chi connectivity index (χ4n) is 1.72. The Kier molecular flexibility index (Phi) is 5.46. The summed E-state index contributed by atoms with van der Waals surface area (Å²) in [5.74, 6) is 0.664. The van der Waals surface area contributed by atoms with Crippen LogP contribution in [0.3, 0.4) is 0 Å². The summed E-state index contributed by atoms with van der Waals surface area (Å²) in [5.41, 5.74) is 1.17. The summed E-state index contributed by atoms with van der Waals surface area (Å²) in [4.78, 5) is 12.4. The van der Waals surface area contributed by atoms with Crippen LogP contribution in [0.2, 0.25) is 5.02 Å². The largest absolute Gasteiger partial charge is 0.493 e. The van der Waals surface area contributed by atoms with Crippen LogP contribution >= 0.6 is 50.1 Å². The van der Waals surface area contributed by atoms with Gasteiger partial charge in [-0.1, -0.05) is 11.6 Å². The molecule has 0 amide bonds. The molecular formula is C15H11BrClIO2. The van der Waals surface area contributed by atoms with Crippen LogP contribution < -0.4 is 4.74 Å². The van der Waals surface area contributed by atoms with Gasteiger partial charge in [0.1, 0.15) is 5.75 Å². The van der Waals surface area contributed by atoms with E-state index >= 15 is 0 Å². The van der Waals surface area contributed by atoms with Gasteiger partial charge in [0, 0.05) is 14.7 Å². The summed E-state index contributed by atoms with van der Waals surface area (Å²) in [6.45, 7) is 2.50. The summed E-state index contributed by atoms with van der Waals surface area (Å²) in [7, 11) is 0. The lowest BCUT2D eigenvalue weighted by atomic mass is 10.0. The Hall–Kier alpha value is -0.590. The Morgan fingerprint density at radius 1 is 1.25 bits per heavy atom. The zero-order chi connectivity index (χ0) is 14.7. The van der Waals surface area contributed by atoms with Crippen LogP contribution in [0, 0.1) is 3.57 Å². The fraction of sp³-hybridized carbons (Fsp3) is 0.133. The minimum Gasteiger partial charge on any atom is -0.493 e. The third-order valence-electron chi connectivity index (χ3n) is 2.68. The average molecular weight is 466 g/mol. The molecule has 2 aromatic rings. The third-order valence-corrected chi connectivity index (χ3v) is 4.87. The van der Waals surface area contributed by atoms with Gasteiger partial charge in [-0.05, 0) is 81.8 Å². The second-order valence-electron chi connectivity index (χ2n) is 4.04. The molecule has 0 saturated heterocycles. The van der Waals surface area contributed by atoms with E-state index < -0.39 is 0 Å². The summed E-state index contributed by atoms with van der Waals surface area (Å²) in [5, 5.41) is 0.585. The molecule has 0 bridgehead atoms. The van der Waals surface area contributed by atoms with E-state index in [0.717, 1.165) is 13.8 Å². The molecule has 5 heteroatoms. The quantitative estimate of drug-likeness (QED) is 0.450. The molecule has 0 unspecified atom stereocenters. The van der Waals surface area contributed by atoms with E-state index in [1.165, 1.54) is 0 Å². The number of carbonyl (C=O) groups excluding carboxylic acids is 1. The normalized spacial score (nSPS) is 10.4. The Morgan fingerprint density at radius 3 is 2.50 bits per heavy atom. The van der Waals surface area contributed by atoms with Gasteiger partial charge in [0.25, 0.3) is 0 Å². The predicted octanol–water partition coefficient (Wildman–Crippen LogP) is 5.34. The van der Waals surface area contributed by atoms with Crippen molar-refractivity contribution in [2.24, 2.45) is 0 Å². The molecule has 2 nitrogen and oxygen atoms in total. The first-order valence-corrected chi connectivity index (χ1v) is 8.20. The van der Waals surface area contributed by atoms with Gasteiger partial charge in [0.15, 0.2) is 5.78 Å². The molecule has 0 aliphatic heterocycles. The van der Waals surface area contributed by atoms with Crippen molar-refractivity contribution in [1.29, 1.82) is 0 Å². The molecule has 0 aromatic heterocycles. The first kappa shape index (κ1) is 15.8. The maximum Gasteiger partial charge on any atom is 0.193 e. The molecule has 20 heavy (non-hydrogen) atoms. The van der Waals surface area contributed by atoms with Crippen molar-refractivity contribution >= 4 is 55.9 Å². The van der Waals surface area contributed by atoms with E-state index in [1.54, 1.807) is 30.3 Å². The molecule has 0 aliphatic carbocycles. The highest BCUT2D eigenvalue weighted by atomic mass is 127. The third kappa shape index (κ3) is 3.54. The van der Waals surface area contributed by atoms with Crippen molar-refractivity contribution in [3.05, 3.63) is 60.6 Å². The van der Waals surface area contributed by atoms with Crippen LogP contribution in [-0.4, -0.2) is 12.4 Å². The molecule has 0 saturated carbocycles. The van der Waals surface area contributed by atoms with Gasteiger partial charge in [-0.3, -0.25) is 4.79 Å². The van der Waals surface area contributed by atoms with Crippen molar-refractivity contribution in [3.63, 3.8) is 0 Å². The summed E-state index contributed by atoms with van der Waals surface area (Å²) in [6, 6.07) is 10.6. The lowest BCUT2D eigenvalue weighted by molar-refractivity contribution is 0.103. The number of ketones is 1. The predicted molar refractivity (Wildman–Crippen MR) is 92.9 cm³/mol. The van der Waals surface area contributed by atoms with Crippen LogP contribution in [0.25, 0.3) is 0 Å². The van der Waals surface area contributed by atoms with Gasteiger partial charge >= 0.3 is 0 Å². The summed E-state index contributed by atoms with van der Waals surface area (Å²) >= 11 is 11.6. The molecule has 0 spiro atoms. The number of ether oxygens (including phenoxy) is 1. The average Bonchev–Trinajstić information content (AvgIpc) is 2.43. The van der Waals surface area contributed by atoms with E-state index in [9.17, 15) is 4.79 Å². The number of hydrogen-bond donors (Lipinski definition) is 0. The van der Waals surface area contributed by atoms with Crippen LogP contribution in [-0.2, 0) is 0 Å². The fourth-order valence-corrected chi connectivity index (χ4v) is 2.73. The van der Waals surface area contributed by atoms with E-state index in [-0.39, 0.29) is 5.78 Å². The maximum absolute atomic E-state index is 12.4. The molecule has 2 rings (SSSR count). The first-order chi connectivity index (χ1) is 9.52. The molecular weight excluding hydrogens is 454 g/mol. The molecule has 0 heterocycles. The highest BCUT2D eigenvalue weighted by Gasteiger charge is 2.12. The molecule has 0 fully saturated rings. The topological polar surface area (TPSA) is 26.3 Å². The molecule has 0 atom stereocenters. The maximum atomic E-state index is 12.4. The van der Waals surface area contributed by atoms with Gasteiger partial charge in [-0.2, -0.15) is 0 Å². The van der Waals surface area contributed by atoms with Crippen molar-refractivity contribution in [3.8, 4) is 5.75 Å². The number of benzene rings is 2. The Bertz CT molecular complexity index is 658. The smallest absolute Gasteiger partial charge is 0.193 e. The van der Waals surface area contributed by atoms with E-state index in [4.69, 9.17) is 16.3 Å². The highest BCUT2D eigenvalue weighted by molar-refractivity contribution is 14.1. The van der Waals surface area contributed by atoms with Gasteiger partial charge in [0.05, 0.1) is 16.1 Å². The second-order valence-corrected chi connectivity index (χ2v) is 6.46. The van der Waals surface area contributed by atoms with Crippen molar-refractivity contribution in [1.82, 2.24) is 0 Å². The standard InChI is InChI=1S/C15H11BrClIO2/c1-2-20-14-6-4-9(7-11(14)16)15(19)10-3-5-13(18)12(17)8-10/h3-8H,2H2,1H3. The van der Waals surface area contributed by atoms with E-state index in [1.807, 2.05) is 13.0 Å². The van der Waals surface area contributed by atoms with Crippen LogP contribution in [0.15, 0.2) is 40.9 Å². The zero-order valence-corrected chi connectivity index (χ0v) is 15.1. The SMILES string of the molecule is CCOc1ccc(C(=O)c2ccc(I)c(Cl)c2)cc1Br. The summed E-state index contributed by atoms with van der Waals surface area (Å²) < 4.78 is 7.12. The minimum absolute atomic E-state index is 0.0629. The molecule has 0 radical (unpaired) electrons. The monoisotopic (exact) mass is 464 g/mol. The molecule has 0 aliphatic rings. The highest BCUT2D eigenvalue weighted by Crippen LogP contribution is 2.28. The molecule has 0 N–H and O–H groups in total. The van der Waals surface area contributed by atoms with Gasteiger partial charge in [-0.15, -0.1) is 0 Å². The molecule has 2 aromatic carbocycles. The number of halogens is 3. The van der Waals surface area contributed by atoms with E-state index in [2.05, 4.69) is 38.5 Å². The molecule has 104 valence electrons. The number of carbonyl (C=O) groups is 1. The Morgan fingerprint density at radius 2 is 1.90 bits per heavy atom. The number of rotatable bonds is 4. The van der Waals surface area contributed by atoms with Crippen LogP contribution in [0.1, 0.15) is 22.8 Å². The van der Waals surface area contributed by atoms with Crippen molar-refractivity contribution < 1.29 is 9.53 Å². The minimum atomic E-state index is -0.0629. The van der Waals surface area contributed by atoms with Crippen LogP contribution in [0.4, 0.5) is 0 Å².